The van der Waals surface area contributed by atoms with Gasteiger partial charge >= 0.3 is 0 Å². The van der Waals surface area contributed by atoms with Gasteiger partial charge in [-0.3, -0.25) is 14.5 Å². The number of anilines is 2. The van der Waals surface area contributed by atoms with Crippen LogP contribution < -0.4 is 10.6 Å². The number of nitrogens with one attached hydrogen (secondary N) is 2. The monoisotopic (exact) mass is 409 g/mol. The molecule has 0 unspecified atom stereocenters. The van der Waals surface area contributed by atoms with Crippen LogP contribution in [0.4, 0.5) is 11.4 Å². The highest BCUT2D eigenvalue weighted by Gasteiger charge is 2.20. The zero-order valence-corrected chi connectivity index (χ0v) is 17.6. The fourth-order valence-electron chi connectivity index (χ4n) is 4.12. The first-order valence-electron chi connectivity index (χ1n) is 10.3. The highest BCUT2D eigenvalue weighted by Crippen LogP contribution is 2.32. The van der Waals surface area contributed by atoms with Crippen molar-refractivity contribution in [1.82, 2.24) is 4.90 Å². The second-order valence-electron chi connectivity index (χ2n) is 7.87. The van der Waals surface area contributed by atoms with Crippen molar-refractivity contribution in [2.45, 2.75) is 49.6 Å². The van der Waals surface area contributed by atoms with Crippen LogP contribution in [0.3, 0.4) is 0 Å². The van der Waals surface area contributed by atoms with Gasteiger partial charge in [0.2, 0.25) is 5.91 Å². The standard InChI is InChI=1S/C23H27N3O2S/c1-26(18-8-3-2-4-9-18)14-17-7-5-6-10-19(17)25-23(28)16-11-12-21-20(13-16)24-22(27)15-29-21/h5-7,10-13,18H,2-4,8-9,14-15H2,1H3,(H,24,27)(H,25,28). The van der Waals surface area contributed by atoms with E-state index in [0.29, 0.717) is 23.0 Å². The van der Waals surface area contributed by atoms with Crippen LogP contribution in [-0.4, -0.2) is 35.6 Å². The number of thioether (sulfide) groups is 1. The molecule has 6 heteroatoms. The molecule has 1 aliphatic carbocycles. The third kappa shape index (κ3) is 4.82. The molecule has 2 aliphatic rings. The van der Waals surface area contributed by atoms with Crippen molar-refractivity contribution in [1.29, 1.82) is 0 Å². The minimum Gasteiger partial charge on any atom is -0.324 e. The van der Waals surface area contributed by atoms with E-state index in [0.717, 1.165) is 22.7 Å². The van der Waals surface area contributed by atoms with Gasteiger partial charge in [0.05, 0.1) is 11.4 Å². The summed E-state index contributed by atoms with van der Waals surface area (Å²) >= 11 is 1.49. The molecule has 152 valence electrons. The van der Waals surface area contributed by atoms with Crippen LogP contribution >= 0.6 is 11.8 Å². The molecule has 0 saturated heterocycles. The Kier molecular flexibility index (Phi) is 6.21. The molecule has 1 aliphatic heterocycles. The summed E-state index contributed by atoms with van der Waals surface area (Å²) in [4.78, 5) is 27.9. The first kappa shape index (κ1) is 20.0. The van der Waals surface area contributed by atoms with Crippen LogP contribution in [0.15, 0.2) is 47.4 Å². The van der Waals surface area contributed by atoms with E-state index in [2.05, 4.69) is 28.6 Å². The van der Waals surface area contributed by atoms with Crippen molar-refractivity contribution in [3.05, 3.63) is 53.6 Å². The lowest BCUT2D eigenvalue weighted by Gasteiger charge is -2.31. The molecule has 1 saturated carbocycles. The molecule has 0 radical (unpaired) electrons. The Balaban J connectivity index is 1.47. The summed E-state index contributed by atoms with van der Waals surface area (Å²) in [5.74, 6) is 0.224. The lowest BCUT2D eigenvalue weighted by Crippen LogP contribution is -2.33. The Labute approximate surface area is 176 Å². The van der Waals surface area contributed by atoms with Crippen molar-refractivity contribution in [3.63, 3.8) is 0 Å². The van der Waals surface area contributed by atoms with Gasteiger partial charge in [-0.05, 0) is 49.7 Å². The first-order chi connectivity index (χ1) is 14.1. The van der Waals surface area contributed by atoms with Crippen molar-refractivity contribution in [2.75, 3.05) is 23.4 Å². The Morgan fingerprint density at radius 2 is 1.97 bits per heavy atom. The smallest absolute Gasteiger partial charge is 0.255 e. The van der Waals surface area contributed by atoms with Gasteiger partial charge in [0, 0.05) is 28.7 Å². The number of rotatable bonds is 5. The number of hydrogen-bond donors (Lipinski definition) is 2. The van der Waals surface area contributed by atoms with Gasteiger partial charge < -0.3 is 10.6 Å². The molecule has 2 amide bonds. The first-order valence-corrected chi connectivity index (χ1v) is 11.2. The molecule has 1 heterocycles. The quantitative estimate of drug-likeness (QED) is 0.748. The Hall–Kier alpha value is -2.31. The second-order valence-corrected chi connectivity index (χ2v) is 8.88. The molecule has 5 nitrogen and oxygen atoms in total. The normalized spacial score (nSPS) is 17.0. The molecule has 2 aromatic carbocycles. The minimum atomic E-state index is -0.162. The Bertz CT molecular complexity index is 909. The molecule has 0 atom stereocenters. The van der Waals surface area contributed by atoms with E-state index in [9.17, 15) is 9.59 Å². The molecule has 0 aromatic heterocycles. The Morgan fingerprint density at radius 3 is 2.79 bits per heavy atom. The van der Waals surface area contributed by atoms with E-state index in [4.69, 9.17) is 0 Å². The molecular formula is C23H27N3O2S. The summed E-state index contributed by atoms with van der Waals surface area (Å²) in [5.41, 5.74) is 3.22. The predicted octanol–water partition coefficient (Wildman–Crippen LogP) is 4.75. The summed E-state index contributed by atoms with van der Waals surface area (Å²) in [6, 6.07) is 14.1. The molecular weight excluding hydrogens is 382 g/mol. The van der Waals surface area contributed by atoms with Crippen molar-refractivity contribution < 1.29 is 9.59 Å². The molecule has 29 heavy (non-hydrogen) atoms. The second kappa shape index (κ2) is 9.01. The van der Waals surface area contributed by atoms with E-state index in [1.54, 1.807) is 6.07 Å². The van der Waals surface area contributed by atoms with Crippen molar-refractivity contribution in [3.8, 4) is 0 Å². The molecule has 2 aromatic rings. The van der Waals surface area contributed by atoms with Gasteiger partial charge in [0.25, 0.3) is 5.91 Å². The summed E-state index contributed by atoms with van der Waals surface area (Å²) < 4.78 is 0. The number of nitrogens with zero attached hydrogens (tertiary/aromatic N) is 1. The topological polar surface area (TPSA) is 61.4 Å². The van der Waals surface area contributed by atoms with E-state index in [1.165, 1.54) is 43.9 Å². The zero-order valence-electron chi connectivity index (χ0n) is 16.7. The zero-order chi connectivity index (χ0) is 20.2. The largest absolute Gasteiger partial charge is 0.324 e. The number of para-hydroxylation sites is 1. The van der Waals surface area contributed by atoms with Crippen LogP contribution in [0.25, 0.3) is 0 Å². The number of carbonyl (C=O) groups is 2. The minimum absolute atomic E-state index is 0.0313. The SMILES string of the molecule is CN(Cc1ccccc1NC(=O)c1ccc2c(c1)NC(=O)CS2)C1CCCCC1. The van der Waals surface area contributed by atoms with Gasteiger partial charge in [-0.2, -0.15) is 0 Å². The number of benzene rings is 2. The van der Waals surface area contributed by atoms with Crippen LogP contribution in [0.2, 0.25) is 0 Å². The molecule has 2 N–H and O–H groups in total. The highest BCUT2D eigenvalue weighted by atomic mass is 32.2. The summed E-state index contributed by atoms with van der Waals surface area (Å²) in [7, 11) is 2.18. The average Bonchev–Trinajstić information content (AvgIpc) is 2.75. The summed E-state index contributed by atoms with van der Waals surface area (Å²) in [6.07, 6.45) is 6.46. The van der Waals surface area contributed by atoms with Crippen LogP contribution in [0.1, 0.15) is 48.0 Å². The number of carbonyl (C=O) groups excluding carboxylic acids is 2. The summed E-state index contributed by atoms with van der Waals surface area (Å²) in [6.45, 7) is 0.817. The van der Waals surface area contributed by atoms with E-state index in [-0.39, 0.29) is 11.8 Å². The fraction of sp³-hybridized carbons (Fsp3) is 0.391. The van der Waals surface area contributed by atoms with Crippen molar-refractivity contribution in [2.24, 2.45) is 0 Å². The van der Waals surface area contributed by atoms with E-state index >= 15 is 0 Å². The molecule has 1 fully saturated rings. The van der Waals surface area contributed by atoms with Gasteiger partial charge in [0.15, 0.2) is 0 Å². The maximum atomic E-state index is 12.9. The summed E-state index contributed by atoms with van der Waals surface area (Å²) in [5, 5.41) is 5.91. The van der Waals surface area contributed by atoms with Gasteiger partial charge in [-0.25, -0.2) is 0 Å². The predicted molar refractivity (Wildman–Crippen MR) is 119 cm³/mol. The number of amides is 2. The Morgan fingerprint density at radius 1 is 1.17 bits per heavy atom. The van der Waals surface area contributed by atoms with Gasteiger partial charge in [0.1, 0.15) is 0 Å². The van der Waals surface area contributed by atoms with Crippen molar-refractivity contribution >= 4 is 35.0 Å². The van der Waals surface area contributed by atoms with Gasteiger partial charge in [-0.1, -0.05) is 37.5 Å². The average molecular weight is 410 g/mol. The maximum absolute atomic E-state index is 12.9. The molecule has 4 rings (SSSR count). The lowest BCUT2D eigenvalue weighted by atomic mass is 9.94. The maximum Gasteiger partial charge on any atom is 0.255 e. The third-order valence-corrected chi connectivity index (χ3v) is 6.83. The van der Waals surface area contributed by atoms with E-state index < -0.39 is 0 Å². The van der Waals surface area contributed by atoms with E-state index in [1.807, 2.05) is 30.3 Å². The van der Waals surface area contributed by atoms with Crippen LogP contribution in [0, 0.1) is 0 Å². The third-order valence-electron chi connectivity index (χ3n) is 5.76. The highest BCUT2D eigenvalue weighted by molar-refractivity contribution is 8.00. The van der Waals surface area contributed by atoms with Gasteiger partial charge in [-0.15, -0.1) is 11.8 Å². The number of hydrogen-bond acceptors (Lipinski definition) is 4. The fourth-order valence-corrected chi connectivity index (χ4v) is 4.91. The molecule has 0 spiro atoms. The number of fused-ring (bicyclic) bond motifs is 1. The molecule has 0 bridgehead atoms. The lowest BCUT2D eigenvalue weighted by molar-refractivity contribution is -0.113. The van der Waals surface area contributed by atoms with Crippen LogP contribution in [-0.2, 0) is 11.3 Å². The van der Waals surface area contributed by atoms with Crippen LogP contribution in [0.5, 0.6) is 0 Å².